The van der Waals surface area contributed by atoms with E-state index >= 15 is 0 Å². The van der Waals surface area contributed by atoms with Crippen LogP contribution in [0.15, 0.2) is 0 Å². The fourth-order valence-electron chi connectivity index (χ4n) is 0.354. The van der Waals surface area contributed by atoms with E-state index in [9.17, 15) is 0 Å². The maximum absolute atomic E-state index is 3.70. The molecule has 0 spiro atoms. The van der Waals surface area contributed by atoms with Gasteiger partial charge in [0.05, 0.1) is 0 Å². The molecule has 0 fully saturated rings. The molecule has 0 saturated carbocycles. The van der Waals surface area contributed by atoms with Gasteiger partial charge in [0.25, 0.3) is 0 Å². The second-order valence-corrected chi connectivity index (χ2v) is 1.41. The van der Waals surface area contributed by atoms with E-state index in [0.717, 1.165) is 12.8 Å². The van der Waals surface area contributed by atoms with Crippen LogP contribution >= 0.6 is 0 Å². The van der Waals surface area contributed by atoms with E-state index in [1.807, 2.05) is 0 Å². The second-order valence-electron chi connectivity index (χ2n) is 1.41. The molecule has 0 N–H and O–H groups in total. The van der Waals surface area contributed by atoms with Crippen molar-refractivity contribution in [1.29, 1.82) is 0 Å². The van der Waals surface area contributed by atoms with Gasteiger partial charge in [-0.15, -0.1) is 0 Å². The second kappa shape index (κ2) is 9.82. The van der Waals surface area contributed by atoms with Crippen LogP contribution in [0.1, 0.15) is 25.7 Å². The Bertz CT molecular complexity index is 16.1. The molecule has 0 rings (SSSR count). The zero-order valence-electron chi connectivity index (χ0n) is 4.58. The van der Waals surface area contributed by atoms with E-state index < -0.39 is 0 Å². The quantitative estimate of drug-likeness (QED) is 0.548. The molecule has 0 heterocycles. The molecular weight excluding hydrogens is 264 g/mol. The van der Waals surface area contributed by atoms with Crippen LogP contribution < -0.4 is 0 Å². The maximum Gasteiger partial charge on any atom is 0 e. The Labute approximate surface area is 60.0 Å². The Kier molecular flexibility index (Phi) is 14.9. The Morgan fingerprint density at radius 1 is 0.857 bits per heavy atom. The summed E-state index contributed by atoms with van der Waals surface area (Å²) in [4.78, 5) is 0. The smallest absolute Gasteiger partial charge is 0 e. The fourth-order valence-corrected chi connectivity index (χ4v) is 0.354. The minimum Gasteiger partial charge on any atom is -0.343 e. The van der Waals surface area contributed by atoms with Crippen molar-refractivity contribution in [2.75, 3.05) is 0 Å². The predicted octanol–water partition coefficient (Wildman–Crippen LogP) is 2.21. The Morgan fingerprint density at radius 2 is 1.14 bits per heavy atom. The van der Waals surface area contributed by atoms with Gasteiger partial charge in [0.15, 0.2) is 0 Å². The number of rotatable bonds is 3. The van der Waals surface area contributed by atoms with Gasteiger partial charge in [-0.3, -0.25) is 0 Å². The molecule has 47 valence electrons. The molecule has 0 aromatic carbocycles. The van der Waals surface area contributed by atoms with Crippen LogP contribution in [0.2, 0.25) is 0 Å². The zero-order valence-corrected chi connectivity index (χ0v) is 6.97. The number of unbranched alkanes of at least 4 members (excludes halogenated alkanes) is 3. The van der Waals surface area contributed by atoms with Crippen molar-refractivity contribution >= 4 is 0 Å². The molecule has 0 atom stereocenters. The van der Waals surface area contributed by atoms with Gasteiger partial charge >= 0.3 is 0 Å². The Hall–Kier alpha value is 0.649. The van der Waals surface area contributed by atoms with Crippen molar-refractivity contribution in [1.82, 2.24) is 0 Å². The molecule has 7 heavy (non-hydrogen) atoms. The molecule has 0 amide bonds. The van der Waals surface area contributed by atoms with Gasteiger partial charge in [-0.2, -0.15) is 12.8 Å². The van der Waals surface area contributed by atoms with Crippen LogP contribution in [0.25, 0.3) is 0 Å². The first-order valence-corrected chi connectivity index (χ1v) is 2.50. The van der Waals surface area contributed by atoms with Gasteiger partial charge in [-0.05, 0) is 0 Å². The SMILES string of the molecule is [CH2-]CCCC[CH2-].[Ir]. The first kappa shape index (κ1) is 10.6. The summed E-state index contributed by atoms with van der Waals surface area (Å²) < 4.78 is 0. The summed E-state index contributed by atoms with van der Waals surface area (Å²) in [5, 5.41) is 0. The van der Waals surface area contributed by atoms with Crippen molar-refractivity contribution in [2.24, 2.45) is 0 Å². The minimum atomic E-state index is 0. The summed E-state index contributed by atoms with van der Waals surface area (Å²) >= 11 is 0. The Balaban J connectivity index is 0. The van der Waals surface area contributed by atoms with Gasteiger partial charge in [0, 0.05) is 20.1 Å². The van der Waals surface area contributed by atoms with E-state index in [-0.39, 0.29) is 20.1 Å². The van der Waals surface area contributed by atoms with Crippen molar-refractivity contribution in [3.8, 4) is 0 Å². The van der Waals surface area contributed by atoms with Gasteiger partial charge < -0.3 is 13.8 Å². The molecule has 0 saturated heterocycles. The largest absolute Gasteiger partial charge is 0.343 e. The third-order valence-corrected chi connectivity index (χ3v) is 0.750. The average Bonchev–Trinajstić information content (AvgIpc) is 1.61. The molecule has 0 aliphatic carbocycles. The predicted molar refractivity (Wildman–Crippen MR) is 29.2 cm³/mol. The monoisotopic (exact) mass is 277 g/mol. The van der Waals surface area contributed by atoms with Crippen LogP contribution in [0, 0.1) is 13.8 Å². The molecule has 0 unspecified atom stereocenters. The van der Waals surface area contributed by atoms with Crippen molar-refractivity contribution < 1.29 is 20.1 Å². The van der Waals surface area contributed by atoms with E-state index in [1.165, 1.54) is 12.8 Å². The van der Waals surface area contributed by atoms with Crippen LogP contribution in [-0.2, 0) is 20.1 Å². The summed E-state index contributed by atoms with van der Waals surface area (Å²) in [5.41, 5.74) is 0. The van der Waals surface area contributed by atoms with E-state index in [1.54, 1.807) is 0 Å². The van der Waals surface area contributed by atoms with Gasteiger partial charge in [-0.1, -0.05) is 12.8 Å². The third kappa shape index (κ3) is 10.8. The molecular formula is C6H12Ir-2. The third-order valence-electron chi connectivity index (χ3n) is 0.750. The van der Waals surface area contributed by atoms with Crippen LogP contribution in [0.4, 0.5) is 0 Å². The summed E-state index contributed by atoms with van der Waals surface area (Å²) in [7, 11) is 0. The summed E-state index contributed by atoms with van der Waals surface area (Å²) in [6.07, 6.45) is 4.61. The topological polar surface area (TPSA) is 0 Å². The summed E-state index contributed by atoms with van der Waals surface area (Å²) in [6.45, 7) is 7.39. The van der Waals surface area contributed by atoms with Crippen LogP contribution in [0.5, 0.6) is 0 Å². The molecule has 1 heteroatoms. The van der Waals surface area contributed by atoms with Gasteiger partial charge in [-0.25, -0.2) is 0 Å². The van der Waals surface area contributed by atoms with Gasteiger partial charge in [0.1, 0.15) is 0 Å². The standard InChI is InChI=1S/C6H12.Ir/c1-3-5-6-4-2;/h1-6H2;/q-2;. The normalized spacial score (nSPS) is 7.71. The summed E-state index contributed by atoms with van der Waals surface area (Å²) in [6, 6.07) is 0. The summed E-state index contributed by atoms with van der Waals surface area (Å²) in [5.74, 6) is 0. The van der Waals surface area contributed by atoms with Gasteiger partial charge in [0.2, 0.25) is 0 Å². The molecule has 0 aromatic rings. The maximum atomic E-state index is 3.70. The average molecular weight is 276 g/mol. The van der Waals surface area contributed by atoms with Crippen LogP contribution in [-0.4, -0.2) is 0 Å². The fraction of sp³-hybridized carbons (Fsp3) is 0.667. The molecule has 0 nitrogen and oxygen atoms in total. The Morgan fingerprint density at radius 3 is 1.29 bits per heavy atom. The molecule has 0 aromatic heterocycles. The van der Waals surface area contributed by atoms with E-state index in [0.29, 0.717) is 0 Å². The van der Waals surface area contributed by atoms with Crippen molar-refractivity contribution in [3.05, 3.63) is 13.8 Å². The number of hydrogen-bond acceptors (Lipinski definition) is 0. The first-order chi connectivity index (χ1) is 2.91. The number of hydrogen-bond donors (Lipinski definition) is 0. The molecule has 0 aliphatic heterocycles. The van der Waals surface area contributed by atoms with E-state index in [2.05, 4.69) is 13.8 Å². The van der Waals surface area contributed by atoms with Crippen molar-refractivity contribution in [2.45, 2.75) is 25.7 Å². The minimum absolute atomic E-state index is 0. The zero-order chi connectivity index (χ0) is 4.83. The van der Waals surface area contributed by atoms with Crippen LogP contribution in [0.3, 0.4) is 0 Å². The van der Waals surface area contributed by atoms with E-state index in [4.69, 9.17) is 0 Å². The molecule has 0 aliphatic rings. The molecule has 1 radical (unpaired) electrons. The molecule has 0 bridgehead atoms. The van der Waals surface area contributed by atoms with Crippen molar-refractivity contribution in [3.63, 3.8) is 0 Å². The first-order valence-electron chi connectivity index (χ1n) is 2.50.